The Bertz CT molecular complexity index is 858. The number of anilines is 4. The Hall–Kier alpha value is -3.55. The van der Waals surface area contributed by atoms with Gasteiger partial charge in [0.1, 0.15) is 12.1 Å². The molecule has 2 aromatic heterocycles. The molecule has 0 fully saturated rings. The first-order valence-electron chi connectivity index (χ1n) is 7.70. The highest BCUT2D eigenvalue weighted by atomic mass is 16.6. The zero-order valence-electron chi connectivity index (χ0n) is 13.5. The van der Waals surface area contributed by atoms with Crippen LogP contribution in [0.25, 0.3) is 0 Å². The molecule has 3 rings (SSSR count). The van der Waals surface area contributed by atoms with Crippen molar-refractivity contribution >= 4 is 28.8 Å². The van der Waals surface area contributed by atoms with Gasteiger partial charge >= 0.3 is 5.69 Å². The van der Waals surface area contributed by atoms with Gasteiger partial charge in [0, 0.05) is 18.4 Å². The Kier molecular flexibility index (Phi) is 4.79. The second-order valence-electron chi connectivity index (χ2n) is 5.07. The molecule has 8 nitrogen and oxygen atoms in total. The molecule has 0 bridgehead atoms. The molecular weight excluding hydrogens is 320 g/mol. The molecule has 0 saturated heterocycles. The second kappa shape index (κ2) is 7.35. The fourth-order valence-electron chi connectivity index (χ4n) is 2.45. The van der Waals surface area contributed by atoms with Crippen LogP contribution in [0.4, 0.5) is 28.8 Å². The van der Waals surface area contributed by atoms with E-state index in [9.17, 15) is 10.1 Å². The number of hydrogen-bond donors (Lipinski definition) is 1. The maximum Gasteiger partial charge on any atom is 0.354 e. The Labute approximate surface area is 144 Å². The third kappa shape index (κ3) is 3.52. The van der Waals surface area contributed by atoms with Gasteiger partial charge in [0.25, 0.3) is 0 Å². The van der Waals surface area contributed by atoms with E-state index in [2.05, 4.69) is 20.3 Å². The van der Waals surface area contributed by atoms with Crippen LogP contribution in [0.3, 0.4) is 0 Å². The molecule has 3 aromatic rings. The van der Waals surface area contributed by atoms with E-state index in [0.29, 0.717) is 12.4 Å². The van der Waals surface area contributed by atoms with Crippen LogP contribution in [0.1, 0.15) is 6.92 Å². The van der Waals surface area contributed by atoms with Gasteiger partial charge in [0.15, 0.2) is 0 Å². The monoisotopic (exact) mass is 336 g/mol. The standard InChI is InChI=1S/C17H16N6O2/c1-2-22(13-8-4-3-5-9-13)17-15(23(24)25)16(19-12-20-17)21-14-10-6-7-11-18-14/h3-12H,2H2,1H3,(H,18,19,20,21). The molecule has 0 amide bonds. The van der Waals surface area contributed by atoms with Crippen LogP contribution in [0.15, 0.2) is 61.1 Å². The maximum atomic E-state index is 11.7. The van der Waals surface area contributed by atoms with Gasteiger partial charge in [-0.15, -0.1) is 0 Å². The molecule has 0 unspecified atom stereocenters. The number of nitrogens with one attached hydrogen (secondary N) is 1. The highest BCUT2D eigenvalue weighted by Gasteiger charge is 2.27. The predicted molar refractivity (Wildman–Crippen MR) is 95.3 cm³/mol. The molecule has 126 valence electrons. The van der Waals surface area contributed by atoms with Crippen LogP contribution in [-0.4, -0.2) is 26.4 Å². The van der Waals surface area contributed by atoms with Crippen molar-refractivity contribution < 1.29 is 4.92 Å². The van der Waals surface area contributed by atoms with Crippen LogP contribution in [0, 0.1) is 10.1 Å². The minimum absolute atomic E-state index is 0.100. The minimum atomic E-state index is -0.480. The molecule has 1 aromatic carbocycles. The molecule has 0 radical (unpaired) electrons. The van der Waals surface area contributed by atoms with Crippen molar-refractivity contribution in [2.45, 2.75) is 6.92 Å². The lowest BCUT2D eigenvalue weighted by atomic mass is 10.2. The predicted octanol–water partition coefficient (Wildman–Crippen LogP) is 3.68. The zero-order valence-corrected chi connectivity index (χ0v) is 13.5. The van der Waals surface area contributed by atoms with Crippen molar-refractivity contribution in [2.24, 2.45) is 0 Å². The van der Waals surface area contributed by atoms with Gasteiger partial charge in [-0.3, -0.25) is 10.1 Å². The SMILES string of the molecule is CCN(c1ccccc1)c1ncnc(Nc2ccccn2)c1[N+](=O)[O-]. The number of nitrogens with zero attached hydrogens (tertiary/aromatic N) is 5. The molecule has 0 spiro atoms. The van der Waals surface area contributed by atoms with Crippen molar-refractivity contribution in [1.29, 1.82) is 0 Å². The number of pyridine rings is 1. The molecule has 25 heavy (non-hydrogen) atoms. The fraction of sp³-hybridized carbons (Fsp3) is 0.118. The number of nitro groups is 1. The largest absolute Gasteiger partial charge is 0.354 e. The van der Waals surface area contributed by atoms with E-state index in [1.54, 1.807) is 29.3 Å². The third-order valence-corrected chi connectivity index (χ3v) is 3.54. The summed E-state index contributed by atoms with van der Waals surface area (Å²) in [6.45, 7) is 2.43. The highest BCUT2D eigenvalue weighted by molar-refractivity contribution is 5.77. The second-order valence-corrected chi connectivity index (χ2v) is 5.07. The molecule has 0 atom stereocenters. The molecule has 2 heterocycles. The maximum absolute atomic E-state index is 11.7. The summed E-state index contributed by atoms with van der Waals surface area (Å²) >= 11 is 0. The number of aromatic nitrogens is 3. The summed E-state index contributed by atoms with van der Waals surface area (Å²) in [6.07, 6.45) is 2.90. The number of hydrogen-bond acceptors (Lipinski definition) is 7. The summed E-state index contributed by atoms with van der Waals surface area (Å²) in [7, 11) is 0. The molecule has 0 aliphatic rings. The number of rotatable bonds is 6. The first-order valence-corrected chi connectivity index (χ1v) is 7.70. The van der Waals surface area contributed by atoms with Crippen LogP contribution in [0.5, 0.6) is 0 Å². The van der Waals surface area contributed by atoms with E-state index in [1.807, 2.05) is 37.3 Å². The minimum Gasteiger partial charge on any atom is -0.321 e. The van der Waals surface area contributed by atoms with Crippen LogP contribution in [-0.2, 0) is 0 Å². The smallest absolute Gasteiger partial charge is 0.321 e. The van der Waals surface area contributed by atoms with Gasteiger partial charge in [0.2, 0.25) is 11.6 Å². The summed E-state index contributed by atoms with van der Waals surface area (Å²) in [6, 6.07) is 14.6. The van der Waals surface area contributed by atoms with Crippen LogP contribution >= 0.6 is 0 Å². The van der Waals surface area contributed by atoms with Gasteiger partial charge in [-0.2, -0.15) is 0 Å². The van der Waals surface area contributed by atoms with E-state index >= 15 is 0 Å². The zero-order chi connectivity index (χ0) is 17.6. The van der Waals surface area contributed by atoms with Crippen molar-refractivity contribution in [1.82, 2.24) is 15.0 Å². The number of benzene rings is 1. The Balaban J connectivity index is 2.07. The van der Waals surface area contributed by atoms with Gasteiger partial charge in [-0.05, 0) is 31.2 Å². The van der Waals surface area contributed by atoms with Gasteiger partial charge in [-0.1, -0.05) is 24.3 Å². The van der Waals surface area contributed by atoms with Crippen molar-refractivity contribution in [2.75, 3.05) is 16.8 Å². The number of para-hydroxylation sites is 1. The van der Waals surface area contributed by atoms with E-state index in [4.69, 9.17) is 0 Å². The average Bonchev–Trinajstić information content (AvgIpc) is 2.64. The van der Waals surface area contributed by atoms with Gasteiger partial charge in [-0.25, -0.2) is 15.0 Å². The van der Waals surface area contributed by atoms with E-state index in [1.165, 1.54) is 6.33 Å². The summed E-state index contributed by atoms with van der Waals surface area (Å²) in [5.74, 6) is 0.799. The average molecular weight is 336 g/mol. The van der Waals surface area contributed by atoms with Crippen molar-refractivity contribution in [3.63, 3.8) is 0 Å². The normalized spacial score (nSPS) is 10.3. The molecule has 0 aliphatic heterocycles. The summed E-state index contributed by atoms with van der Waals surface area (Å²) in [5, 5.41) is 14.6. The Morgan fingerprint density at radius 3 is 2.48 bits per heavy atom. The molecular formula is C17H16N6O2. The van der Waals surface area contributed by atoms with E-state index < -0.39 is 4.92 Å². The molecule has 8 heteroatoms. The summed E-state index contributed by atoms with van der Waals surface area (Å²) in [4.78, 5) is 25.3. The Morgan fingerprint density at radius 2 is 1.84 bits per heavy atom. The third-order valence-electron chi connectivity index (χ3n) is 3.54. The van der Waals surface area contributed by atoms with Gasteiger partial charge in [0.05, 0.1) is 4.92 Å². The lowest BCUT2D eigenvalue weighted by Crippen LogP contribution is -2.19. The topological polar surface area (TPSA) is 97.1 Å². The molecule has 1 N–H and O–H groups in total. The lowest BCUT2D eigenvalue weighted by molar-refractivity contribution is -0.383. The fourth-order valence-corrected chi connectivity index (χ4v) is 2.45. The van der Waals surface area contributed by atoms with Crippen LogP contribution < -0.4 is 10.2 Å². The van der Waals surface area contributed by atoms with Crippen LogP contribution in [0.2, 0.25) is 0 Å². The molecule has 0 aliphatic carbocycles. The summed E-state index contributed by atoms with van der Waals surface area (Å²) in [5.41, 5.74) is 0.620. The quantitative estimate of drug-likeness (QED) is 0.541. The van der Waals surface area contributed by atoms with E-state index in [-0.39, 0.29) is 17.3 Å². The Morgan fingerprint density at radius 1 is 1.08 bits per heavy atom. The first kappa shape index (κ1) is 16.3. The molecule has 0 saturated carbocycles. The van der Waals surface area contributed by atoms with Crippen molar-refractivity contribution in [3.8, 4) is 0 Å². The van der Waals surface area contributed by atoms with E-state index in [0.717, 1.165) is 5.69 Å². The summed E-state index contributed by atoms with van der Waals surface area (Å²) < 4.78 is 0. The lowest BCUT2D eigenvalue weighted by Gasteiger charge is -2.22. The van der Waals surface area contributed by atoms with Crippen molar-refractivity contribution in [3.05, 3.63) is 71.2 Å². The van der Waals surface area contributed by atoms with Gasteiger partial charge < -0.3 is 10.2 Å². The first-order chi connectivity index (χ1) is 12.2. The highest BCUT2D eigenvalue weighted by Crippen LogP contribution is 2.36.